The van der Waals surface area contributed by atoms with Crippen LogP contribution in [-0.4, -0.2) is 0 Å². The van der Waals surface area contributed by atoms with E-state index in [1.807, 2.05) is 48.5 Å². The molecule has 0 saturated heterocycles. The predicted molar refractivity (Wildman–Crippen MR) is 291 cm³/mol. The summed E-state index contributed by atoms with van der Waals surface area (Å²) in [6.07, 6.45) is 5.31. The van der Waals surface area contributed by atoms with Gasteiger partial charge >= 0.3 is 0 Å². The molecule has 7 rings (SSSR count). The zero-order valence-corrected chi connectivity index (χ0v) is 46.0. The van der Waals surface area contributed by atoms with E-state index < -0.39 is 0 Å². The zero-order valence-electron chi connectivity index (χ0n) is 43.6. The first-order valence-electron chi connectivity index (χ1n) is 23.6. The normalized spacial score (nSPS) is 13.6. The van der Waals surface area contributed by atoms with E-state index >= 15 is 0 Å². The second kappa shape index (κ2) is 23.0. The van der Waals surface area contributed by atoms with Crippen LogP contribution in [0.5, 0.6) is 0 Å². The SMILES string of the molecule is Cc1cc(C(C)(C)C)ccc1F.Cc1ccc(C(C)(C)C)cc1C1CC1.[C-]#[N+]c1ccc(C(C)(C)C)cc1Br.[C-]#[N+]c1ccc(C(C)(C)C)cc1C1CC1.[C-]#[N+]c1ccc(C(C)(C)C)cc1Cl. The Morgan fingerprint density at radius 1 is 0.448 bits per heavy atom. The van der Waals surface area contributed by atoms with Crippen molar-refractivity contribution in [1.82, 2.24) is 0 Å². The van der Waals surface area contributed by atoms with Gasteiger partial charge in [0.05, 0.1) is 19.7 Å². The maximum atomic E-state index is 12.9. The summed E-state index contributed by atoms with van der Waals surface area (Å²) in [6, 6.07) is 30.1. The van der Waals surface area contributed by atoms with Crippen LogP contribution in [0.15, 0.2) is 95.5 Å². The summed E-state index contributed by atoms with van der Waals surface area (Å²) in [5.74, 6) is 1.41. The van der Waals surface area contributed by atoms with E-state index in [0.29, 0.717) is 22.3 Å². The first-order chi connectivity index (χ1) is 30.8. The standard InChI is InChI=1S/C14H17N.C14H20.C11H12BrN.C11H12ClN.C11H15F/c1-14(2,3)11-7-8-13(15-4)12(9-11)10-5-6-10;1-10-5-8-12(14(2,3)4)9-13(10)11-6-7-11;2*1-11(2,3)8-5-6-10(13-4)9(12)7-8;1-8-7-9(11(2,3)4)5-6-10(8)12/h7-10H,5-6H2,1-3H3;5,8-9,11H,6-7H2,1-4H3;2*5-7H,1-3H3;5-7H,1-4H3. The van der Waals surface area contributed by atoms with Crippen LogP contribution in [0.3, 0.4) is 0 Å². The number of hydrogen-bond donors (Lipinski definition) is 0. The van der Waals surface area contributed by atoms with Crippen LogP contribution in [0.25, 0.3) is 14.5 Å². The molecule has 67 heavy (non-hydrogen) atoms. The van der Waals surface area contributed by atoms with E-state index in [1.54, 1.807) is 18.6 Å². The van der Waals surface area contributed by atoms with E-state index in [9.17, 15) is 4.39 Å². The van der Waals surface area contributed by atoms with Crippen molar-refractivity contribution in [2.24, 2.45) is 0 Å². The number of nitrogens with zero attached hydrogens (tertiary/aromatic N) is 3. The van der Waals surface area contributed by atoms with Crippen LogP contribution in [0.1, 0.15) is 191 Å². The Kier molecular flexibility index (Phi) is 19.5. The van der Waals surface area contributed by atoms with Gasteiger partial charge in [0, 0.05) is 9.50 Å². The molecule has 2 aliphatic carbocycles. The molecule has 0 spiro atoms. The van der Waals surface area contributed by atoms with Crippen LogP contribution in [0.2, 0.25) is 5.02 Å². The van der Waals surface area contributed by atoms with Crippen molar-refractivity contribution in [2.45, 2.75) is 182 Å². The molecule has 6 heteroatoms. The van der Waals surface area contributed by atoms with Crippen molar-refractivity contribution in [1.29, 1.82) is 0 Å². The number of halogens is 3. The summed E-state index contributed by atoms with van der Waals surface area (Å²) < 4.78 is 13.8. The molecule has 2 saturated carbocycles. The van der Waals surface area contributed by atoms with Gasteiger partial charge in [-0.05, 0) is 135 Å². The van der Waals surface area contributed by atoms with Gasteiger partial charge < -0.3 is 0 Å². The van der Waals surface area contributed by atoms with Crippen molar-refractivity contribution >= 4 is 44.6 Å². The summed E-state index contributed by atoms with van der Waals surface area (Å²) in [4.78, 5) is 10.3. The van der Waals surface area contributed by atoms with Crippen LogP contribution >= 0.6 is 27.5 Å². The van der Waals surface area contributed by atoms with Gasteiger partial charge in [0.1, 0.15) is 5.82 Å². The summed E-state index contributed by atoms with van der Waals surface area (Å²) in [5, 5.41) is 0.544. The maximum Gasteiger partial charge on any atom is 0.205 e. The van der Waals surface area contributed by atoms with Crippen molar-refractivity contribution < 1.29 is 4.39 Å². The first kappa shape index (κ1) is 56.6. The molecule has 2 aliphatic rings. The quantitative estimate of drug-likeness (QED) is 0.156. The number of benzene rings is 5. The molecule has 0 bridgehead atoms. The zero-order chi connectivity index (χ0) is 50.9. The lowest BCUT2D eigenvalue weighted by Crippen LogP contribution is -2.11. The van der Waals surface area contributed by atoms with Crippen LogP contribution in [0.4, 0.5) is 21.5 Å². The van der Waals surface area contributed by atoms with E-state index in [0.717, 1.165) is 27.2 Å². The number of aryl methyl sites for hydroxylation is 2. The van der Waals surface area contributed by atoms with E-state index in [4.69, 9.17) is 31.3 Å². The van der Waals surface area contributed by atoms with E-state index in [2.05, 4.69) is 172 Å². The van der Waals surface area contributed by atoms with Crippen molar-refractivity contribution in [3.05, 3.63) is 191 Å². The third kappa shape index (κ3) is 17.7. The molecule has 0 aromatic heterocycles. The molecule has 0 aliphatic heterocycles. The molecule has 3 nitrogen and oxygen atoms in total. The van der Waals surface area contributed by atoms with Crippen LogP contribution in [-0.2, 0) is 27.1 Å². The highest BCUT2D eigenvalue weighted by Gasteiger charge is 2.28. The highest BCUT2D eigenvalue weighted by Crippen LogP contribution is 2.46. The highest BCUT2D eigenvalue weighted by atomic mass is 79.9. The second-order valence-electron chi connectivity index (χ2n) is 23.3. The van der Waals surface area contributed by atoms with Gasteiger partial charge in [0.2, 0.25) is 11.4 Å². The fourth-order valence-electron chi connectivity index (χ4n) is 7.02. The average Bonchev–Trinajstić information content (AvgIpc) is 4.16. The highest BCUT2D eigenvalue weighted by molar-refractivity contribution is 9.10. The van der Waals surface area contributed by atoms with Gasteiger partial charge in [-0.3, -0.25) is 0 Å². The molecule has 2 fully saturated rings. The minimum absolute atomic E-state index is 0.0875. The maximum absolute atomic E-state index is 12.9. The Morgan fingerprint density at radius 3 is 1.18 bits per heavy atom. The fourth-order valence-corrected chi connectivity index (χ4v) is 7.71. The lowest BCUT2D eigenvalue weighted by Gasteiger charge is -2.20. The molecule has 0 N–H and O–H groups in total. The van der Waals surface area contributed by atoms with Gasteiger partial charge in [-0.1, -0.05) is 216 Å². The lowest BCUT2D eigenvalue weighted by atomic mass is 9.84. The molecular formula is C61H76BrClFN3. The molecule has 0 heterocycles. The largest absolute Gasteiger partial charge is 0.238 e. The van der Waals surface area contributed by atoms with Gasteiger partial charge in [0.15, 0.2) is 5.69 Å². The second-order valence-corrected chi connectivity index (χ2v) is 24.5. The summed E-state index contributed by atoms with van der Waals surface area (Å²) in [7, 11) is 0. The monoisotopic (exact) mass is 983 g/mol. The molecule has 0 unspecified atom stereocenters. The lowest BCUT2D eigenvalue weighted by molar-refractivity contribution is 0.579. The van der Waals surface area contributed by atoms with Crippen molar-refractivity contribution in [3.8, 4) is 0 Å². The molecule has 0 atom stereocenters. The average molecular weight is 986 g/mol. The minimum Gasteiger partial charge on any atom is -0.238 e. The summed E-state index contributed by atoms with van der Waals surface area (Å²) in [5.41, 5.74) is 14.3. The van der Waals surface area contributed by atoms with Gasteiger partial charge in [-0.15, -0.1) is 0 Å². The Hall–Kier alpha value is -4.73. The fraction of sp³-hybridized carbons (Fsp3) is 0.459. The molecule has 5 aromatic carbocycles. The Balaban J connectivity index is 0.000000223. The van der Waals surface area contributed by atoms with Crippen LogP contribution < -0.4 is 0 Å². The van der Waals surface area contributed by atoms with E-state index in [1.165, 1.54) is 65.1 Å². The van der Waals surface area contributed by atoms with Gasteiger partial charge in [0.25, 0.3) is 0 Å². The molecule has 5 aromatic rings. The summed E-state index contributed by atoms with van der Waals surface area (Å²) >= 11 is 9.31. The predicted octanol–water partition coefficient (Wildman–Crippen LogP) is 20.5. The van der Waals surface area contributed by atoms with Crippen molar-refractivity contribution in [3.63, 3.8) is 0 Å². The Bertz CT molecular complexity index is 2520. The van der Waals surface area contributed by atoms with Crippen LogP contribution in [0, 0.1) is 39.4 Å². The minimum atomic E-state index is -0.122. The first-order valence-corrected chi connectivity index (χ1v) is 24.7. The summed E-state index contributed by atoms with van der Waals surface area (Å²) in [6.45, 7) is 57.7. The van der Waals surface area contributed by atoms with Gasteiger partial charge in [-0.2, -0.15) is 0 Å². The smallest absolute Gasteiger partial charge is 0.205 e. The Labute approximate surface area is 419 Å². The van der Waals surface area contributed by atoms with E-state index in [-0.39, 0.29) is 32.9 Å². The Morgan fingerprint density at radius 2 is 0.791 bits per heavy atom. The molecular weight excluding hydrogens is 909 g/mol. The van der Waals surface area contributed by atoms with Gasteiger partial charge in [-0.25, -0.2) is 18.9 Å². The topological polar surface area (TPSA) is 13.1 Å². The third-order valence-electron chi connectivity index (χ3n) is 12.1. The molecule has 0 amide bonds. The molecule has 0 radical (unpaired) electrons. The third-order valence-corrected chi connectivity index (χ3v) is 13.0. The van der Waals surface area contributed by atoms with Crippen molar-refractivity contribution in [2.75, 3.05) is 0 Å². The molecule has 356 valence electrons. The number of rotatable bonds is 2. The number of hydrogen-bond acceptors (Lipinski definition) is 0.